The van der Waals surface area contributed by atoms with Crippen molar-refractivity contribution in [1.29, 1.82) is 0 Å². The van der Waals surface area contributed by atoms with Crippen LogP contribution in [0.15, 0.2) is 0 Å². The van der Waals surface area contributed by atoms with E-state index in [1.54, 1.807) is 0 Å². The molecule has 0 N–H and O–H groups in total. The fourth-order valence-electron chi connectivity index (χ4n) is 2.34. The second-order valence-corrected chi connectivity index (χ2v) is 11.2. The van der Waals surface area contributed by atoms with Gasteiger partial charge in [0.25, 0.3) is 0 Å². The summed E-state index contributed by atoms with van der Waals surface area (Å²) >= 11 is 21.0. The van der Waals surface area contributed by atoms with Crippen LogP contribution in [0.5, 0.6) is 0 Å². The van der Waals surface area contributed by atoms with E-state index in [0.717, 1.165) is 35.4 Å². The van der Waals surface area contributed by atoms with Crippen molar-refractivity contribution in [3.05, 3.63) is 0 Å². The van der Waals surface area contributed by atoms with E-state index in [4.69, 9.17) is 23.2 Å². The summed E-state index contributed by atoms with van der Waals surface area (Å²) in [5.41, 5.74) is 0. The first-order valence-corrected chi connectivity index (χ1v) is 15.2. The van der Waals surface area contributed by atoms with Crippen LogP contribution in [0.4, 0.5) is 35.1 Å². The van der Waals surface area contributed by atoms with Crippen molar-refractivity contribution in [1.82, 2.24) is 0 Å². The maximum atomic E-state index is 11.4. The highest BCUT2D eigenvalue weighted by Crippen LogP contribution is 2.41. The van der Waals surface area contributed by atoms with Gasteiger partial charge in [-0.25, -0.2) is 0 Å². The topological polar surface area (TPSA) is 0 Å². The lowest BCUT2D eigenvalue weighted by molar-refractivity contribution is -0.241. The highest BCUT2D eigenvalue weighted by Gasteiger charge is 2.56. The van der Waals surface area contributed by atoms with E-state index in [0.29, 0.717) is 11.8 Å². The Balaban J connectivity index is 0. The molecule has 2 atom stereocenters. The summed E-state index contributed by atoms with van der Waals surface area (Å²) < 4.78 is 87.9. The van der Waals surface area contributed by atoms with E-state index in [2.05, 4.69) is 50.4 Å². The Bertz CT molecular complexity index is 472. The van der Waals surface area contributed by atoms with Crippen LogP contribution in [0.25, 0.3) is 0 Å². The Morgan fingerprint density at radius 2 is 1.29 bits per heavy atom. The van der Waals surface area contributed by atoms with Gasteiger partial charge in [0.15, 0.2) is 0 Å². The molecule has 0 bridgehead atoms. The third-order valence-electron chi connectivity index (χ3n) is 5.32. The van der Waals surface area contributed by atoms with Gasteiger partial charge in [-0.2, -0.15) is 35.1 Å². The van der Waals surface area contributed by atoms with E-state index in [9.17, 15) is 35.1 Å². The van der Waals surface area contributed by atoms with Crippen LogP contribution in [0.1, 0.15) is 71.1 Å². The number of alkyl halides is 13. The van der Waals surface area contributed by atoms with Gasteiger partial charge in [-0.15, -0.1) is 23.2 Å². The molecule has 0 nitrogen and oxygen atoms in total. The monoisotopic (exact) mass is 714 g/mol. The molecule has 214 valence electrons. The highest BCUT2D eigenvalue weighted by molar-refractivity contribution is 9.09. The van der Waals surface area contributed by atoms with Gasteiger partial charge in [-0.3, -0.25) is 0 Å². The van der Waals surface area contributed by atoms with Gasteiger partial charge in [0.2, 0.25) is 0 Å². The van der Waals surface area contributed by atoms with Crippen molar-refractivity contribution in [3.8, 4) is 0 Å². The van der Waals surface area contributed by atoms with Crippen molar-refractivity contribution in [3.63, 3.8) is 0 Å². The minimum absolute atomic E-state index is 0.231. The molecule has 0 saturated heterocycles. The largest absolute Gasteiger partial charge is 0.469 e. The number of halogens is 13. The Kier molecular flexibility index (Phi) is 22.2. The SMILES string of the molecule is BrCC1CCC1.CCC1CC1CCl.ClCC1CC1.FC(F)(F)C(F)(F)Cl.FC(F)(F)CCCCBr. The number of unbranched alkanes of at least 4 members (excludes halogenated alkanes) is 1. The summed E-state index contributed by atoms with van der Waals surface area (Å²) in [6.07, 6.45) is 0.445. The maximum Gasteiger partial charge on any atom is 0.469 e. The van der Waals surface area contributed by atoms with Gasteiger partial charge in [0.05, 0.1) is 0 Å². The summed E-state index contributed by atoms with van der Waals surface area (Å²) in [4.78, 5) is 0. The van der Waals surface area contributed by atoms with Crippen molar-refractivity contribution < 1.29 is 35.1 Å². The molecule has 0 aromatic rings. The van der Waals surface area contributed by atoms with E-state index in [1.165, 1.54) is 50.3 Å². The van der Waals surface area contributed by atoms with Gasteiger partial charge >= 0.3 is 17.7 Å². The van der Waals surface area contributed by atoms with Gasteiger partial charge in [-0.1, -0.05) is 51.6 Å². The number of hydrogen-bond acceptors (Lipinski definition) is 0. The molecule has 0 aromatic heterocycles. The minimum Gasteiger partial charge on any atom is -0.177 e. The summed E-state index contributed by atoms with van der Waals surface area (Å²) in [7, 11) is 0. The van der Waals surface area contributed by atoms with Crippen LogP contribution in [-0.4, -0.2) is 40.2 Å². The first-order chi connectivity index (χ1) is 16.1. The average Bonchev–Trinajstić information content (AvgIpc) is 3.61. The van der Waals surface area contributed by atoms with Crippen LogP contribution in [0.2, 0.25) is 0 Å². The normalized spacial score (nSPS) is 21.4. The second-order valence-electron chi connectivity index (χ2n) is 8.62. The smallest absolute Gasteiger partial charge is 0.177 e. The molecule has 0 amide bonds. The van der Waals surface area contributed by atoms with Gasteiger partial charge in [-0.05, 0) is 80.2 Å². The van der Waals surface area contributed by atoms with Crippen molar-refractivity contribution in [2.45, 2.75) is 88.9 Å². The van der Waals surface area contributed by atoms with Gasteiger partial charge in [0, 0.05) is 28.8 Å². The van der Waals surface area contributed by atoms with Crippen LogP contribution in [-0.2, 0) is 0 Å². The molecule has 3 aliphatic rings. The molecule has 3 saturated carbocycles. The zero-order chi connectivity index (χ0) is 27.7. The summed E-state index contributed by atoms with van der Waals surface area (Å²) in [6, 6.07) is 0. The van der Waals surface area contributed by atoms with Crippen LogP contribution in [0.3, 0.4) is 0 Å². The Morgan fingerprint density at radius 3 is 1.40 bits per heavy atom. The Hall–Kier alpha value is 1.27. The van der Waals surface area contributed by atoms with Crippen molar-refractivity contribution >= 4 is 66.7 Å². The summed E-state index contributed by atoms with van der Waals surface area (Å²) in [5.74, 6) is 5.57. The van der Waals surface area contributed by atoms with Gasteiger partial charge in [0.1, 0.15) is 0 Å². The lowest BCUT2D eigenvalue weighted by Gasteiger charge is -2.21. The fourth-order valence-corrected chi connectivity index (χ4v) is 4.07. The van der Waals surface area contributed by atoms with Crippen LogP contribution >= 0.6 is 66.7 Å². The molecule has 0 spiro atoms. The van der Waals surface area contributed by atoms with E-state index >= 15 is 0 Å². The first-order valence-electron chi connectivity index (χ1n) is 11.5. The van der Waals surface area contributed by atoms with E-state index in [-0.39, 0.29) is 6.42 Å². The molecule has 0 aliphatic heterocycles. The molecule has 3 aliphatic carbocycles. The van der Waals surface area contributed by atoms with E-state index < -0.39 is 24.2 Å². The average molecular weight is 718 g/mol. The third-order valence-corrected chi connectivity index (χ3v) is 7.84. The zero-order valence-corrected chi connectivity index (χ0v) is 25.1. The van der Waals surface area contributed by atoms with Crippen LogP contribution < -0.4 is 0 Å². The lowest BCUT2D eigenvalue weighted by atomic mass is 9.88. The number of rotatable bonds is 7. The van der Waals surface area contributed by atoms with Crippen LogP contribution in [0, 0.1) is 23.7 Å². The molecule has 0 aromatic carbocycles. The Morgan fingerprint density at radius 1 is 0.771 bits per heavy atom. The quantitative estimate of drug-likeness (QED) is 0.140. The first kappa shape index (κ1) is 38.4. The molecule has 3 rings (SSSR count). The van der Waals surface area contributed by atoms with Crippen molar-refractivity contribution in [2.24, 2.45) is 23.7 Å². The molecule has 13 heteroatoms. The standard InChI is InChI=1S/C6H11Cl.C5H8BrF3.C5H9Br.C4H7Cl.C2ClF5/c1-2-5-3-6(5)4-7;6-4-2-1-3-5(7,8)9;6-4-5-2-1-3-5;5-3-4-1-2-4;3-1(4,5)2(6,7)8/h5-6H,2-4H2,1H3;1-4H2;5H,1-4H2;4H,1-3H2;. The van der Waals surface area contributed by atoms with Gasteiger partial charge < -0.3 is 0 Å². The second kappa shape index (κ2) is 20.2. The predicted molar refractivity (Wildman–Crippen MR) is 138 cm³/mol. The summed E-state index contributed by atoms with van der Waals surface area (Å²) in [6.45, 7) is 2.23. The third kappa shape index (κ3) is 25.3. The molecule has 0 radical (unpaired) electrons. The highest BCUT2D eigenvalue weighted by atomic mass is 79.9. The van der Waals surface area contributed by atoms with E-state index in [1.807, 2.05) is 0 Å². The van der Waals surface area contributed by atoms with Crippen molar-refractivity contribution in [2.75, 3.05) is 22.4 Å². The molecule has 2 unspecified atom stereocenters. The maximum absolute atomic E-state index is 11.4. The minimum atomic E-state index is -5.63. The molecule has 35 heavy (non-hydrogen) atoms. The molecular formula is C22H35Br2Cl3F8. The lowest BCUT2D eigenvalue weighted by Crippen LogP contribution is -2.29. The molecular weight excluding hydrogens is 682 g/mol. The fraction of sp³-hybridized carbons (Fsp3) is 1.00. The predicted octanol–water partition coefficient (Wildman–Crippen LogP) is 11.6. The number of hydrogen-bond donors (Lipinski definition) is 0. The summed E-state index contributed by atoms with van der Waals surface area (Å²) in [5, 5.41) is -3.21. The molecule has 3 fully saturated rings. The Labute approximate surface area is 235 Å². The zero-order valence-electron chi connectivity index (χ0n) is 19.6. The molecule has 0 heterocycles.